The van der Waals surface area contributed by atoms with Crippen LogP contribution in [-0.2, 0) is 0 Å². The highest BCUT2D eigenvalue weighted by molar-refractivity contribution is 7.09. The second-order valence-electron chi connectivity index (χ2n) is 5.56. The molecule has 4 rings (SSSR count). The molecule has 0 spiro atoms. The minimum atomic E-state index is -0.492. The average molecular weight is 402 g/mol. The molecule has 0 aliphatic carbocycles. The third-order valence-electron chi connectivity index (χ3n) is 3.70. The van der Waals surface area contributed by atoms with E-state index >= 15 is 0 Å². The van der Waals surface area contributed by atoms with Gasteiger partial charge in [0.25, 0.3) is 11.8 Å². The molecule has 1 aromatic carbocycles. The first-order valence-corrected chi connectivity index (χ1v) is 9.07. The molecule has 0 atom stereocenters. The zero-order valence-electron chi connectivity index (χ0n) is 14.2. The lowest BCUT2D eigenvalue weighted by Crippen LogP contribution is -2.13. The monoisotopic (exact) mass is 401 g/mol. The first-order valence-electron chi connectivity index (χ1n) is 7.81. The summed E-state index contributed by atoms with van der Waals surface area (Å²) in [6.45, 7) is 3.51. The number of carbonyl (C=O) groups excluding carboxylic acids is 1. The number of benzene rings is 1. The summed E-state index contributed by atoms with van der Waals surface area (Å²) in [5.41, 5.74) is 1.73. The third-order valence-corrected chi connectivity index (χ3v) is 4.81. The van der Waals surface area contributed by atoms with E-state index in [2.05, 4.69) is 25.7 Å². The van der Waals surface area contributed by atoms with Gasteiger partial charge in [-0.3, -0.25) is 10.1 Å². The second-order valence-corrected chi connectivity index (χ2v) is 7.03. The van der Waals surface area contributed by atoms with Crippen LogP contribution in [-0.4, -0.2) is 26.2 Å². The number of nitrogens with one attached hydrogen (secondary N) is 1. The fourth-order valence-electron chi connectivity index (χ4n) is 2.48. The molecule has 8 nitrogen and oxygen atoms in total. The Bertz CT molecular complexity index is 1130. The molecule has 3 heterocycles. The van der Waals surface area contributed by atoms with Gasteiger partial charge in [0.2, 0.25) is 0 Å². The van der Waals surface area contributed by atoms with E-state index in [9.17, 15) is 4.79 Å². The van der Waals surface area contributed by atoms with E-state index in [0.717, 1.165) is 5.01 Å². The zero-order chi connectivity index (χ0) is 19.0. The number of aromatic nitrogens is 4. The van der Waals surface area contributed by atoms with Crippen molar-refractivity contribution in [3.63, 3.8) is 0 Å². The van der Waals surface area contributed by atoms with Crippen LogP contribution in [0, 0.1) is 13.8 Å². The second kappa shape index (κ2) is 6.93. The first kappa shape index (κ1) is 17.4. The number of nitrogens with zero attached hydrogens (tertiary/aromatic N) is 4. The summed E-state index contributed by atoms with van der Waals surface area (Å²) in [6.07, 6.45) is 0. The number of aryl methyl sites for hydroxylation is 2. The number of thiazole rings is 1. The Hall–Kier alpha value is -3.04. The molecule has 0 aliphatic rings. The van der Waals surface area contributed by atoms with Crippen LogP contribution >= 0.6 is 22.9 Å². The lowest BCUT2D eigenvalue weighted by molar-refractivity contribution is 0.102. The van der Waals surface area contributed by atoms with Crippen molar-refractivity contribution in [2.24, 2.45) is 0 Å². The number of rotatable bonds is 4. The van der Waals surface area contributed by atoms with E-state index in [1.54, 1.807) is 36.6 Å². The van der Waals surface area contributed by atoms with Crippen LogP contribution in [0.4, 0.5) is 6.01 Å². The predicted octanol–water partition coefficient (Wildman–Crippen LogP) is 4.37. The molecular weight excluding hydrogens is 390 g/mol. The fourth-order valence-corrected chi connectivity index (χ4v) is 3.29. The summed E-state index contributed by atoms with van der Waals surface area (Å²) in [5, 5.41) is 17.4. The van der Waals surface area contributed by atoms with Gasteiger partial charge in [-0.25, -0.2) is 4.98 Å². The van der Waals surface area contributed by atoms with Crippen LogP contribution in [0.1, 0.15) is 21.1 Å². The first-order chi connectivity index (χ1) is 13.0. The molecule has 1 N–H and O–H groups in total. The summed E-state index contributed by atoms with van der Waals surface area (Å²) in [6, 6.07) is 7.01. The topological polar surface area (TPSA) is 107 Å². The van der Waals surface area contributed by atoms with Gasteiger partial charge in [0.05, 0.1) is 10.0 Å². The molecule has 1 amide bonds. The van der Waals surface area contributed by atoms with E-state index in [0.29, 0.717) is 27.7 Å². The molecule has 3 aromatic heterocycles. The number of hydrogen-bond acceptors (Lipinski definition) is 8. The zero-order valence-corrected chi connectivity index (χ0v) is 15.8. The van der Waals surface area contributed by atoms with Gasteiger partial charge >= 0.3 is 6.01 Å². The standard InChI is InChI=1S/C17H12ClN5O3S/c1-8-13(14(23-26-8)10-5-3-4-6-11(10)18)15(24)20-17-22-21-16(25-17)12-7-27-9(2)19-12/h3-7H,1-2H3,(H,20,22,24). The van der Waals surface area contributed by atoms with Gasteiger partial charge in [0, 0.05) is 10.9 Å². The van der Waals surface area contributed by atoms with E-state index in [1.165, 1.54) is 11.3 Å². The average Bonchev–Trinajstić information content (AvgIpc) is 3.35. The number of anilines is 1. The number of halogens is 1. The molecule has 0 fully saturated rings. The fraction of sp³-hybridized carbons (Fsp3) is 0.118. The minimum Gasteiger partial charge on any atom is -0.401 e. The lowest BCUT2D eigenvalue weighted by Gasteiger charge is -2.03. The summed E-state index contributed by atoms with van der Waals surface area (Å²) in [7, 11) is 0. The SMILES string of the molecule is Cc1nc(-c2nnc(NC(=O)c3c(-c4ccccc4Cl)noc3C)o2)cs1. The lowest BCUT2D eigenvalue weighted by atomic mass is 10.1. The molecule has 0 unspecified atom stereocenters. The van der Waals surface area contributed by atoms with Gasteiger partial charge in [-0.1, -0.05) is 40.1 Å². The van der Waals surface area contributed by atoms with Crippen molar-refractivity contribution in [1.82, 2.24) is 20.3 Å². The van der Waals surface area contributed by atoms with E-state index in [-0.39, 0.29) is 17.5 Å². The Morgan fingerprint density at radius 1 is 1.22 bits per heavy atom. The van der Waals surface area contributed by atoms with Crippen LogP contribution < -0.4 is 5.32 Å². The molecule has 0 saturated carbocycles. The third kappa shape index (κ3) is 3.34. The maximum absolute atomic E-state index is 12.8. The maximum Gasteiger partial charge on any atom is 0.322 e. The molecule has 4 aromatic rings. The smallest absolute Gasteiger partial charge is 0.322 e. The largest absolute Gasteiger partial charge is 0.401 e. The molecule has 0 bridgehead atoms. The Labute approximate surface area is 162 Å². The summed E-state index contributed by atoms with van der Waals surface area (Å²) >= 11 is 7.68. The molecule has 136 valence electrons. The predicted molar refractivity (Wildman–Crippen MR) is 99.8 cm³/mol. The molecule has 0 radical (unpaired) electrons. The number of hydrogen-bond donors (Lipinski definition) is 1. The van der Waals surface area contributed by atoms with Crippen LogP contribution in [0.5, 0.6) is 0 Å². The van der Waals surface area contributed by atoms with Crippen LogP contribution in [0.25, 0.3) is 22.8 Å². The van der Waals surface area contributed by atoms with Gasteiger partial charge in [-0.2, -0.15) is 0 Å². The van der Waals surface area contributed by atoms with Gasteiger partial charge in [0.15, 0.2) is 0 Å². The van der Waals surface area contributed by atoms with Crippen molar-refractivity contribution in [3.05, 3.63) is 51.0 Å². The highest BCUT2D eigenvalue weighted by Gasteiger charge is 2.24. The summed E-state index contributed by atoms with van der Waals surface area (Å²) in [4.78, 5) is 17.0. The molecule has 10 heteroatoms. The molecule has 0 saturated heterocycles. The van der Waals surface area contributed by atoms with Crippen molar-refractivity contribution in [3.8, 4) is 22.8 Å². The van der Waals surface area contributed by atoms with Crippen LogP contribution in [0.2, 0.25) is 5.02 Å². The quantitative estimate of drug-likeness (QED) is 0.540. The molecule has 27 heavy (non-hydrogen) atoms. The Balaban J connectivity index is 1.62. The summed E-state index contributed by atoms with van der Waals surface area (Å²) < 4.78 is 10.7. The number of carbonyl (C=O) groups is 1. The van der Waals surface area contributed by atoms with Crippen molar-refractivity contribution < 1.29 is 13.7 Å². The minimum absolute atomic E-state index is 0.0497. The normalized spacial score (nSPS) is 10.9. The highest BCUT2D eigenvalue weighted by Crippen LogP contribution is 2.31. The van der Waals surface area contributed by atoms with Crippen molar-refractivity contribution >= 4 is 34.9 Å². The van der Waals surface area contributed by atoms with E-state index < -0.39 is 5.91 Å². The van der Waals surface area contributed by atoms with Gasteiger partial charge < -0.3 is 8.94 Å². The van der Waals surface area contributed by atoms with E-state index in [1.807, 2.05) is 6.92 Å². The summed E-state index contributed by atoms with van der Waals surface area (Å²) in [5.74, 6) is 0.0774. The highest BCUT2D eigenvalue weighted by atomic mass is 35.5. The Morgan fingerprint density at radius 2 is 2.04 bits per heavy atom. The Morgan fingerprint density at radius 3 is 2.78 bits per heavy atom. The van der Waals surface area contributed by atoms with Crippen LogP contribution in [0.15, 0.2) is 38.6 Å². The van der Waals surface area contributed by atoms with Gasteiger partial charge in [-0.05, 0) is 19.9 Å². The van der Waals surface area contributed by atoms with Gasteiger partial charge in [0.1, 0.15) is 22.7 Å². The molecule has 0 aliphatic heterocycles. The van der Waals surface area contributed by atoms with Crippen molar-refractivity contribution in [1.29, 1.82) is 0 Å². The van der Waals surface area contributed by atoms with Crippen molar-refractivity contribution in [2.75, 3.05) is 5.32 Å². The van der Waals surface area contributed by atoms with Crippen LogP contribution in [0.3, 0.4) is 0 Å². The maximum atomic E-state index is 12.8. The van der Waals surface area contributed by atoms with E-state index in [4.69, 9.17) is 20.5 Å². The Kier molecular flexibility index (Phi) is 4.46. The van der Waals surface area contributed by atoms with Gasteiger partial charge in [-0.15, -0.1) is 16.4 Å². The van der Waals surface area contributed by atoms with Crippen molar-refractivity contribution in [2.45, 2.75) is 13.8 Å². The number of amides is 1. The molecular formula is C17H12ClN5O3S.